The maximum absolute atomic E-state index is 13.8. The lowest BCUT2D eigenvalue weighted by molar-refractivity contribution is -0.128. The van der Waals surface area contributed by atoms with E-state index in [4.69, 9.17) is 14.2 Å². The molecular weight excluding hydrogens is 504 g/mol. The van der Waals surface area contributed by atoms with Gasteiger partial charge >= 0.3 is 0 Å². The predicted octanol–water partition coefficient (Wildman–Crippen LogP) is 4.21. The largest absolute Gasteiger partial charge is 0.486 e. The molecule has 1 amide bonds. The molecule has 9 heteroatoms. The number of sulfonamides is 1. The average Bonchev–Trinajstić information content (AvgIpc) is 2.90. The standard InChI is InChI=1S/C29H32N2O6S/c1-19-9-12-22(13-10-19)38(33,34)31-17-27(37-24-14-11-20(15-23(24)31)29(2,3)4)28(32)30-16-21-18-35-25-7-5-6-8-26(25)36-21/h5-15,21,27H,16-18H2,1-4H3,(H,30,32)/t21-,27+/m1/s1. The number of amides is 1. The van der Waals surface area contributed by atoms with Gasteiger partial charge in [0, 0.05) is 0 Å². The van der Waals surface area contributed by atoms with E-state index in [2.05, 4.69) is 26.1 Å². The number of aryl methyl sites for hydroxylation is 1. The summed E-state index contributed by atoms with van der Waals surface area (Å²) in [6, 6.07) is 19.5. The Hall–Kier alpha value is -3.72. The van der Waals surface area contributed by atoms with E-state index in [0.717, 1.165) is 11.1 Å². The first kappa shape index (κ1) is 25.9. The maximum Gasteiger partial charge on any atom is 0.264 e. The van der Waals surface area contributed by atoms with Crippen LogP contribution >= 0.6 is 0 Å². The van der Waals surface area contributed by atoms with Crippen molar-refractivity contribution in [1.29, 1.82) is 0 Å². The zero-order valence-corrected chi connectivity index (χ0v) is 22.7. The normalized spacial score (nSPS) is 18.8. The zero-order valence-electron chi connectivity index (χ0n) is 21.9. The third kappa shape index (κ3) is 5.15. The first-order valence-corrected chi connectivity index (χ1v) is 14.0. The summed E-state index contributed by atoms with van der Waals surface area (Å²) in [5.74, 6) is 1.19. The number of carbonyl (C=O) groups is 1. The van der Waals surface area contributed by atoms with E-state index < -0.39 is 22.0 Å². The number of nitrogens with one attached hydrogen (secondary N) is 1. The van der Waals surface area contributed by atoms with Gasteiger partial charge in [-0.1, -0.05) is 56.7 Å². The Morgan fingerprint density at radius 3 is 2.39 bits per heavy atom. The number of benzene rings is 3. The molecule has 8 nitrogen and oxygen atoms in total. The maximum atomic E-state index is 13.8. The summed E-state index contributed by atoms with van der Waals surface area (Å²) in [4.78, 5) is 13.4. The van der Waals surface area contributed by atoms with Crippen molar-refractivity contribution in [1.82, 2.24) is 5.32 Å². The monoisotopic (exact) mass is 536 g/mol. The van der Waals surface area contributed by atoms with E-state index in [-0.39, 0.29) is 36.1 Å². The third-order valence-corrected chi connectivity index (χ3v) is 8.46. The van der Waals surface area contributed by atoms with Gasteiger partial charge in [0.15, 0.2) is 17.6 Å². The number of para-hydroxylation sites is 2. The van der Waals surface area contributed by atoms with Gasteiger partial charge in [-0.25, -0.2) is 8.42 Å². The van der Waals surface area contributed by atoms with Crippen LogP contribution in [0.25, 0.3) is 0 Å². The minimum atomic E-state index is -3.96. The number of hydrogen-bond acceptors (Lipinski definition) is 6. The Morgan fingerprint density at radius 1 is 0.974 bits per heavy atom. The second-order valence-electron chi connectivity index (χ2n) is 10.6. The van der Waals surface area contributed by atoms with Gasteiger partial charge in [-0.15, -0.1) is 0 Å². The van der Waals surface area contributed by atoms with E-state index in [9.17, 15) is 13.2 Å². The summed E-state index contributed by atoms with van der Waals surface area (Å²) in [6.45, 7) is 8.39. The highest BCUT2D eigenvalue weighted by molar-refractivity contribution is 7.92. The molecular formula is C29H32N2O6S. The molecule has 0 radical (unpaired) electrons. The number of anilines is 1. The smallest absolute Gasteiger partial charge is 0.264 e. The molecule has 0 saturated carbocycles. The van der Waals surface area contributed by atoms with Crippen LogP contribution in [0.3, 0.4) is 0 Å². The number of carbonyl (C=O) groups excluding carboxylic acids is 1. The first-order chi connectivity index (χ1) is 18.0. The highest BCUT2D eigenvalue weighted by atomic mass is 32.2. The summed E-state index contributed by atoms with van der Waals surface area (Å²) in [5.41, 5.74) is 2.13. The lowest BCUT2D eigenvalue weighted by atomic mass is 9.86. The molecule has 1 N–H and O–H groups in total. The molecule has 200 valence electrons. The average molecular weight is 537 g/mol. The van der Waals surface area contributed by atoms with Crippen LogP contribution in [-0.4, -0.2) is 46.2 Å². The van der Waals surface area contributed by atoms with Crippen molar-refractivity contribution in [2.24, 2.45) is 0 Å². The third-order valence-electron chi connectivity index (χ3n) is 6.67. The second-order valence-corrected chi connectivity index (χ2v) is 12.5. The predicted molar refractivity (Wildman–Crippen MR) is 145 cm³/mol. The van der Waals surface area contributed by atoms with E-state index in [1.807, 2.05) is 43.3 Å². The molecule has 3 aromatic carbocycles. The Morgan fingerprint density at radius 2 is 1.68 bits per heavy atom. The van der Waals surface area contributed by atoms with Gasteiger partial charge < -0.3 is 19.5 Å². The SMILES string of the molecule is Cc1ccc(S(=O)(=O)N2C[C@@H](C(=O)NC[C@@H]3COc4ccccc4O3)Oc3ccc(C(C)(C)C)cc32)cc1. The molecule has 3 aromatic rings. The Kier molecular flexibility index (Phi) is 6.73. The molecule has 0 aliphatic carbocycles. The molecule has 0 fully saturated rings. The van der Waals surface area contributed by atoms with Gasteiger partial charge in [0.05, 0.1) is 23.7 Å². The topological polar surface area (TPSA) is 94.2 Å². The van der Waals surface area contributed by atoms with Crippen LogP contribution in [0.4, 0.5) is 5.69 Å². The Balaban J connectivity index is 1.39. The molecule has 2 heterocycles. The highest BCUT2D eigenvalue weighted by Gasteiger charge is 2.38. The van der Waals surface area contributed by atoms with Crippen molar-refractivity contribution in [3.05, 3.63) is 77.9 Å². The lowest BCUT2D eigenvalue weighted by Crippen LogP contribution is -2.52. The molecule has 0 aromatic heterocycles. The number of fused-ring (bicyclic) bond motifs is 2. The molecule has 2 atom stereocenters. The molecule has 0 bridgehead atoms. The minimum Gasteiger partial charge on any atom is -0.486 e. The van der Waals surface area contributed by atoms with Crippen LogP contribution in [0, 0.1) is 6.92 Å². The Bertz CT molecular complexity index is 1450. The minimum absolute atomic E-state index is 0.155. The van der Waals surface area contributed by atoms with E-state index >= 15 is 0 Å². The number of rotatable bonds is 5. The fourth-order valence-electron chi connectivity index (χ4n) is 4.41. The Labute approximate surface area is 223 Å². The van der Waals surface area contributed by atoms with Crippen LogP contribution in [-0.2, 0) is 20.2 Å². The summed E-state index contributed by atoms with van der Waals surface area (Å²) < 4.78 is 46.6. The number of nitrogens with zero attached hydrogens (tertiary/aromatic N) is 1. The van der Waals surface area contributed by atoms with Crippen molar-refractivity contribution in [3.8, 4) is 17.2 Å². The van der Waals surface area contributed by atoms with Crippen LogP contribution in [0.5, 0.6) is 17.2 Å². The van der Waals surface area contributed by atoms with Crippen LogP contribution in [0.15, 0.2) is 71.6 Å². The van der Waals surface area contributed by atoms with Gasteiger partial charge in [0.2, 0.25) is 0 Å². The van der Waals surface area contributed by atoms with Gasteiger partial charge in [-0.05, 0) is 54.3 Å². The van der Waals surface area contributed by atoms with Crippen LogP contribution < -0.4 is 23.8 Å². The van der Waals surface area contributed by atoms with Gasteiger partial charge in [-0.2, -0.15) is 0 Å². The number of hydrogen-bond donors (Lipinski definition) is 1. The van der Waals surface area contributed by atoms with Crippen molar-refractivity contribution >= 4 is 21.6 Å². The molecule has 5 rings (SSSR count). The van der Waals surface area contributed by atoms with E-state index in [1.54, 1.807) is 30.3 Å². The summed E-state index contributed by atoms with van der Waals surface area (Å²) in [5, 5.41) is 2.85. The van der Waals surface area contributed by atoms with Gasteiger partial charge in [0.1, 0.15) is 18.5 Å². The van der Waals surface area contributed by atoms with Crippen LogP contribution in [0.1, 0.15) is 31.9 Å². The van der Waals surface area contributed by atoms with Crippen molar-refractivity contribution < 1.29 is 27.4 Å². The molecule has 2 aliphatic rings. The van der Waals surface area contributed by atoms with Crippen molar-refractivity contribution in [3.63, 3.8) is 0 Å². The van der Waals surface area contributed by atoms with Gasteiger partial charge in [-0.3, -0.25) is 9.10 Å². The van der Waals surface area contributed by atoms with Gasteiger partial charge in [0.25, 0.3) is 15.9 Å². The summed E-state index contributed by atoms with van der Waals surface area (Å²) in [6.07, 6.45) is -1.42. The van der Waals surface area contributed by atoms with Crippen molar-refractivity contribution in [2.75, 3.05) is 24.0 Å². The zero-order chi connectivity index (χ0) is 27.1. The fraction of sp³-hybridized carbons (Fsp3) is 0.345. The highest BCUT2D eigenvalue weighted by Crippen LogP contribution is 2.40. The first-order valence-electron chi connectivity index (χ1n) is 12.6. The number of ether oxygens (including phenoxy) is 3. The van der Waals surface area contributed by atoms with E-state index in [1.165, 1.54) is 4.31 Å². The fourth-order valence-corrected chi connectivity index (χ4v) is 5.88. The summed E-state index contributed by atoms with van der Waals surface area (Å²) in [7, 11) is -3.96. The quantitative estimate of drug-likeness (QED) is 0.525. The molecule has 0 spiro atoms. The molecule has 38 heavy (non-hydrogen) atoms. The molecule has 2 aliphatic heterocycles. The van der Waals surface area contributed by atoms with E-state index in [0.29, 0.717) is 22.9 Å². The molecule has 0 saturated heterocycles. The molecule has 0 unspecified atom stereocenters. The lowest BCUT2D eigenvalue weighted by Gasteiger charge is -2.36. The summed E-state index contributed by atoms with van der Waals surface area (Å²) >= 11 is 0. The van der Waals surface area contributed by atoms with Crippen LogP contribution in [0.2, 0.25) is 0 Å². The van der Waals surface area contributed by atoms with Crippen molar-refractivity contribution in [2.45, 2.75) is 50.2 Å². The second kappa shape index (κ2) is 9.87.